The molecule has 1 heterocycles. The molecule has 2 rings (SSSR count). The van der Waals surface area contributed by atoms with Gasteiger partial charge in [0.2, 0.25) is 0 Å². The second kappa shape index (κ2) is 1.83. The van der Waals surface area contributed by atoms with Crippen LogP contribution in [0.3, 0.4) is 0 Å². The van der Waals surface area contributed by atoms with Crippen molar-refractivity contribution in [3.8, 4) is 0 Å². The smallest absolute Gasteiger partial charge is 0.323 e. The molecule has 3 atom stereocenters. The molecule has 0 spiro atoms. The molecule has 0 aromatic heterocycles. The average molecular weight is 139 g/mol. The van der Waals surface area contributed by atoms with Crippen molar-refractivity contribution in [1.82, 2.24) is 0 Å². The number of hydrogen-bond acceptors (Lipinski definition) is 3. The van der Waals surface area contributed by atoms with E-state index < -0.39 is 0 Å². The summed E-state index contributed by atoms with van der Waals surface area (Å²) >= 11 is 0. The van der Waals surface area contributed by atoms with E-state index in [0.717, 1.165) is 6.42 Å². The van der Waals surface area contributed by atoms with Gasteiger partial charge in [-0.05, 0) is 12.5 Å². The quantitative estimate of drug-likeness (QED) is 0.374. The molecule has 1 aliphatic heterocycles. The summed E-state index contributed by atoms with van der Waals surface area (Å²) in [6.07, 6.45) is 4.79. The Labute approximate surface area is 58.8 Å². The molecule has 0 saturated carbocycles. The van der Waals surface area contributed by atoms with Crippen molar-refractivity contribution in [2.45, 2.75) is 18.6 Å². The van der Waals surface area contributed by atoms with E-state index in [0.29, 0.717) is 0 Å². The van der Waals surface area contributed by atoms with Crippen molar-refractivity contribution in [1.29, 1.82) is 0 Å². The third kappa shape index (κ3) is 0.609. The first kappa shape index (κ1) is 5.92. The standard InChI is InChI=1S/C7H9NO2/c8-6-4-2-1-3-5(4)10-7(6)9/h1,3-6H,2,8H2/t4-,5+,6-/m0/s1. The third-order valence-electron chi connectivity index (χ3n) is 2.14. The van der Waals surface area contributed by atoms with Crippen molar-refractivity contribution in [2.75, 3.05) is 0 Å². The largest absolute Gasteiger partial charge is 0.457 e. The van der Waals surface area contributed by atoms with Gasteiger partial charge in [-0.15, -0.1) is 0 Å². The molecule has 0 bridgehead atoms. The van der Waals surface area contributed by atoms with Gasteiger partial charge in [-0.1, -0.05) is 6.08 Å². The predicted molar refractivity (Wildman–Crippen MR) is 35.1 cm³/mol. The molecule has 3 nitrogen and oxygen atoms in total. The number of carbonyl (C=O) groups excluding carboxylic acids is 1. The molecule has 0 amide bonds. The van der Waals surface area contributed by atoms with E-state index in [4.69, 9.17) is 10.5 Å². The first-order chi connectivity index (χ1) is 4.79. The molecule has 3 heteroatoms. The van der Waals surface area contributed by atoms with Crippen LogP contribution in [0.25, 0.3) is 0 Å². The lowest BCUT2D eigenvalue weighted by Crippen LogP contribution is -2.32. The lowest BCUT2D eigenvalue weighted by Gasteiger charge is -2.06. The van der Waals surface area contributed by atoms with Crippen LogP contribution in [0.15, 0.2) is 12.2 Å². The third-order valence-corrected chi connectivity index (χ3v) is 2.14. The lowest BCUT2D eigenvalue weighted by atomic mass is 9.99. The number of nitrogens with two attached hydrogens (primary N) is 1. The Hall–Kier alpha value is -0.830. The summed E-state index contributed by atoms with van der Waals surface area (Å²) in [5, 5.41) is 0. The van der Waals surface area contributed by atoms with Crippen LogP contribution >= 0.6 is 0 Å². The van der Waals surface area contributed by atoms with Crippen LogP contribution in [-0.4, -0.2) is 18.1 Å². The van der Waals surface area contributed by atoms with Crippen molar-refractivity contribution < 1.29 is 9.53 Å². The maximum absolute atomic E-state index is 10.8. The van der Waals surface area contributed by atoms with Crippen LogP contribution in [-0.2, 0) is 9.53 Å². The van der Waals surface area contributed by atoms with Gasteiger partial charge in [0.05, 0.1) is 0 Å². The van der Waals surface area contributed by atoms with Gasteiger partial charge in [-0.25, -0.2) is 0 Å². The summed E-state index contributed by atoms with van der Waals surface area (Å²) in [7, 11) is 0. The van der Waals surface area contributed by atoms with Crippen LogP contribution in [0.5, 0.6) is 0 Å². The first-order valence-electron chi connectivity index (χ1n) is 3.42. The number of carbonyl (C=O) groups is 1. The summed E-state index contributed by atoms with van der Waals surface area (Å²) in [6.45, 7) is 0. The second-order valence-corrected chi connectivity index (χ2v) is 2.75. The van der Waals surface area contributed by atoms with Gasteiger partial charge in [0, 0.05) is 5.92 Å². The minimum atomic E-state index is -0.389. The summed E-state index contributed by atoms with van der Waals surface area (Å²) in [4.78, 5) is 10.8. The number of ether oxygens (including phenoxy) is 1. The fraction of sp³-hybridized carbons (Fsp3) is 0.571. The van der Waals surface area contributed by atoms with Gasteiger partial charge in [-0.2, -0.15) is 0 Å². The maximum atomic E-state index is 10.8. The van der Waals surface area contributed by atoms with E-state index in [2.05, 4.69) is 0 Å². The van der Waals surface area contributed by atoms with Crippen LogP contribution < -0.4 is 5.73 Å². The zero-order valence-corrected chi connectivity index (χ0v) is 5.49. The number of rotatable bonds is 0. The van der Waals surface area contributed by atoms with E-state index >= 15 is 0 Å². The Morgan fingerprint density at radius 1 is 1.70 bits per heavy atom. The summed E-state index contributed by atoms with van der Waals surface area (Å²) in [5.41, 5.74) is 5.55. The molecule has 1 aliphatic carbocycles. The van der Waals surface area contributed by atoms with Crippen molar-refractivity contribution in [3.63, 3.8) is 0 Å². The highest BCUT2D eigenvalue weighted by Gasteiger charge is 2.42. The summed E-state index contributed by atoms with van der Waals surface area (Å²) in [6, 6.07) is -0.389. The zero-order chi connectivity index (χ0) is 7.14. The monoisotopic (exact) mass is 139 g/mol. The first-order valence-corrected chi connectivity index (χ1v) is 3.42. The minimum absolute atomic E-state index is 0.0255. The Bertz CT molecular complexity index is 200. The van der Waals surface area contributed by atoms with Crippen molar-refractivity contribution in [3.05, 3.63) is 12.2 Å². The fourth-order valence-corrected chi connectivity index (χ4v) is 1.51. The van der Waals surface area contributed by atoms with E-state index in [1.54, 1.807) is 0 Å². The highest BCUT2D eigenvalue weighted by molar-refractivity contribution is 5.79. The molecule has 0 aromatic carbocycles. The number of allylic oxidation sites excluding steroid dienone is 1. The molecule has 0 radical (unpaired) electrons. The van der Waals surface area contributed by atoms with Gasteiger partial charge in [0.1, 0.15) is 12.1 Å². The normalized spacial score (nSPS) is 43.7. The summed E-state index contributed by atoms with van der Waals surface area (Å²) in [5.74, 6) is -0.0353. The Morgan fingerprint density at radius 2 is 2.50 bits per heavy atom. The van der Waals surface area contributed by atoms with E-state index in [-0.39, 0.29) is 24.0 Å². The second-order valence-electron chi connectivity index (χ2n) is 2.75. The number of esters is 1. The molecule has 1 fully saturated rings. The number of fused-ring (bicyclic) bond motifs is 1. The van der Waals surface area contributed by atoms with E-state index in [1.165, 1.54) is 0 Å². The molecular formula is C7H9NO2. The van der Waals surface area contributed by atoms with Gasteiger partial charge in [-0.3, -0.25) is 4.79 Å². The van der Waals surface area contributed by atoms with E-state index in [1.807, 2.05) is 12.2 Å². The summed E-state index contributed by atoms with van der Waals surface area (Å²) < 4.78 is 4.95. The molecule has 2 N–H and O–H groups in total. The van der Waals surface area contributed by atoms with Crippen molar-refractivity contribution in [2.24, 2.45) is 11.7 Å². The molecule has 2 aliphatic rings. The predicted octanol–water partition coefficient (Wildman–Crippen LogP) is -0.185. The molecule has 10 heavy (non-hydrogen) atoms. The average Bonchev–Trinajstić information content (AvgIpc) is 2.41. The Balaban J connectivity index is 2.22. The molecule has 0 aromatic rings. The highest BCUT2D eigenvalue weighted by Crippen LogP contribution is 2.30. The Morgan fingerprint density at radius 3 is 3.20 bits per heavy atom. The lowest BCUT2D eigenvalue weighted by molar-refractivity contribution is -0.140. The van der Waals surface area contributed by atoms with Crippen LogP contribution in [0.2, 0.25) is 0 Å². The maximum Gasteiger partial charge on any atom is 0.323 e. The van der Waals surface area contributed by atoms with Crippen LogP contribution in [0.1, 0.15) is 6.42 Å². The number of hydrogen-bond donors (Lipinski definition) is 1. The molecule has 0 unspecified atom stereocenters. The minimum Gasteiger partial charge on any atom is -0.457 e. The zero-order valence-electron chi connectivity index (χ0n) is 5.49. The van der Waals surface area contributed by atoms with Gasteiger partial charge < -0.3 is 10.5 Å². The topological polar surface area (TPSA) is 52.3 Å². The van der Waals surface area contributed by atoms with E-state index in [9.17, 15) is 4.79 Å². The fourth-order valence-electron chi connectivity index (χ4n) is 1.51. The highest BCUT2D eigenvalue weighted by atomic mass is 16.6. The molecule has 54 valence electrons. The Kier molecular flexibility index (Phi) is 1.08. The van der Waals surface area contributed by atoms with Gasteiger partial charge in [0.25, 0.3) is 0 Å². The van der Waals surface area contributed by atoms with Crippen molar-refractivity contribution >= 4 is 5.97 Å². The van der Waals surface area contributed by atoms with Crippen LogP contribution in [0.4, 0.5) is 0 Å². The van der Waals surface area contributed by atoms with Crippen LogP contribution in [0, 0.1) is 5.92 Å². The van der Waals surface area contributed by atoms with Gasteiger partial charge in [0.15, 0.2) is 0 Å². The molecular weight excluding hydrogens is 130 g/mol. The SMILES string of the molecule is N[C@@H]1C(=O)O[C@@H]2C=CC[C@H]12. The molecule has 1 saturated heterocycles. The van der Waals surface area contributed by atoms with Gasteiger partial charge >= 0.3 is 5.97 Å².